The van der Waals surface area contributed by atoms with E-state index < -0.39 is 5.82 Å². The molecule has 0 aromatic heterocycles. The Morgan fingerprint density at radius 2 is 2.17 bits per heavy atom. The Morgan fingerprint density at radius 3 is 2.94 bits per heavy atom. The Labute approximate surface area is 112 Å². The van der Waals surface area contributed by atoms with E-state index in [-0.39, 0.29) is 11.5 Å². The van der Waals surface area contributed by atoms with Crippen LogP contribution in [-0.2, 0) is 0 Å². The molecule has 0 radical (unpaired) electrons. The summed E-state index contributed by atoms with van der Waals surface area (Å²) < 4.78 is 13.6. The number of carbonyl (C=O) groups excluding carboxylic acids is 1. The van der Waals surface area contributed by atoms with Crippen LogP contribution in [0, 0.1) is 11.7 Å². The number of carbonyl (C=O) groups is 1. The summed E-state index contributed by atoms with van der Waals surface area (Å²) >= 11 is 5.82. The molecule has 98 valence electrons. The van der Waals surface area contributed by atoms with Crippen LogP contribution in [0.2, 0.25) is 5.02 Å². The molecule has 1 aromatic rings. The first-order valence-electron chi connectivity index (χ1n) is 6.32. The lowest BCUT2D eigenvalue weighted by molar-refractivity contribution is 0.0755. The van der Waals surface area contributed by atoms with Crippen LogP contribution >= 0.6 is 11.6 Å². The van der Waals surface area contributed by atoms with Gasteiger partial charge in [0.05, 0.1) is 5.56 Å². The number of rotatable bonds is 1. The van der Waals surface area contributed by atoms with Gasteiger partial charge in [-0.1, -0.05) is 18.5 Å². The van der Waals surface area contributed by atoms with E-state index in [4.69, 9.17) is 11.6 Å². The molecule has 1 aliphatic heterocycles. The number of nitrogens with zero attached hydrogens (tertiary/aromatic N) is 1. The van der Waals surface area contributed by atoms with Gasteiger partial charge < -0.3 is 4.90 Å². The molecule has 1 saturated heterocycles. The van der Waals surface area contributed by atoms with E-state index in [2.05, 4.69) is 6.92 Å². The SMILES string of the molecule is CC1CCCN(C(=O)c2cc(Cl)ccc2F)CC1. The van der Waals surface area contributed by atoms with Crippen LogP contribution in [0.3, 0.4) is 0 Å². The van der Waals surface area contributed by atoms with Gasteiger partial charge in [0.2, 0.25) is 0 Å². The molecule has 0 aliphatic carbocycles. The summed E-state index contributed by atoms with van der Waals surface area (Å²) in [6, 6.07) is 4.11. The third-order valence-corrected chi connectivity index (χ3v) is 3.70. The predicted octanol–water partition coefficient (Wildman–Crippen LogP) is 3.74. The van der Waals surface area contributed by atoms with Gasteiger partial charge in [-0.05, 0) is 43.4 Å². The molecule has 4 heteroatoms. The number of benzene rings is 1. The number of halogens is 2. The molecule has 1 unspecified atom stereocenters. The highest BCUT2D eigenvalue weighted by Crippen LogP contribution is 2.21. The Bertz CT molecular complexity index is 449. The maximum absolute atomic E-state index is 13.6. The van der Waals surface area contributed by atoms with Gasteiger partial charge in [0.1, 0.15) is 5.82 Å². The smallest absolute Gasteiger partial charge is 0.256 e. The summed E-state index contributed by atoms with van der Waals surface area (Å²) in [4.78, 5) is 14.0. The lowest BCUT2D eigenvalue weighted by Crippen LogP contribution is -2.32. The summed E-state index contributed by atoms with van der Waals surface area (Å²) in [7, 11) is 0. The molecule has 0 spiro atoms. The van der Waals surface area contributed by atoms with Gasteiger partial charge >= 0.3 is 0 Å². The second-order valence-electron chi connectivity index (χ2n) is 4.95. The van der Waals surface area contributed by atoms with Crippen LogP contribution in [0.25, 0.3) is 0 Å². The van der Waals surface area contributed by atoms with Crippen LogP contribution in [0.5, 0.6) is 0 Å². The average molecular weight is 270 g/mol. The topological polar surface area (TPSA) is 20.3 Å². The van der Waals surface area contributed by atoms with Crippen LogP contribution in [0.1, 0.15) is 36.5 Å². The zero-order chi connectivity index (χ0) is 13.1. The van der Waals surface area contributed by atoms with Crippen molar-refractivity contribution in [2.24, 2.45) is 5.92 Å². The molecule has 1 aliphatic rings. The highest BCUT2D eigenvalue weighted by Gasteiger charge is 2.22. The van der Waals surface area contributed by atoms with Crippen molar-refractivity contribution in [2.45, 2.75) is 26.2 Å². The van der Waals surface area contributed by atoms with Gasteiger partial charge in [0.15, 0.2) is 0 Å². The van der Waals surface area contributed by atoms with Crippen molar-refractivity contribution in [3.63, 3.8) is 0 Å². The quantitative estimate of drug-likeness (QED) is 0.760. The molecule has 0 saturated carbocycles. The molecule has 0 N–H and O–H groups in total. The molecule has 0 bridgehead atoms. The second-order valence-corrected chi connectivity index (χ2v) is 5.39. The van der Waals surface area contributed by atoms with Crippen molar-refractivity contribution >= 4 is 17.5 Å². The van der Waals surface area contributed by atoms with Crippen LogP contribution in [0.15, 0.2) is 18.2 Å². The molecule has 18 heavy (non-hydrogen) atoms. The van der Waals surface area contributed by atoms with Crippen molar-refractivity contribution in [3.8, 4) is 0 Å². The summed E-state index contributed by atoms with van der Waals surface area (Å²) in [6.45, 7) is 3.59. The maximum Gasteiger partial charge on any atom is 0.256 e. The van der Waals surface area contributed by atoms with E-state index in [1.54, 1.807) is 4.90 Å². The lowest BCUT2D eigenvalue weighted by atomic mass is 10.0. The number of hydrogen-bond acceptors (Lipinski definition) is 1. The first-order chi connectivity index (χ1) is 8.58. The molecule has 1 aromatic carbocycles. The van der Waals surface area contributed by atoms with Gasteiger partial charge in [-0.3, -0.25) is 4.79 Å². The summed E-state index contributed by atoms with van der Waals surface area (Å²) in [5.41, 5.74) is 0.0806. The predicted molar refractivity (Wildman–Crippen MR) is 70.3 cm³/mol. The highest BCUT2D eigenvalue weighted by atomic mass is 35.5. The molecular weight excluding hydrogens is 253 g/mol. The molecular formula is C14H17ClFNO. The van der Waals surface area contributed by atoms with Crippen molar-refractivity contribution in [1.82, 2.24) is 4.90 Å². The molecule has 1 fully saturated rings. The fraction of sp³-hybridized carbons (Fsp3) is 0.500. The molecule has 1 atom stereocenters. The fourth-order valence-corrected chi connectivity index (χ4v) is 2.47. The van der Waals surface area contributed by atoms with Crippen LogP contribution in [-0.4, -0.2) is 23.9 Å². The van der Waals surface area contributed by atoms with Gasteiger partial charge in [0.25, 0.3) is 5.91 Å². The molecule has 2 rings (SSSR count). The highest BCUT2D eigenvalue weighted by molar-refractivity contribution is 6.30. The molecule has 1 heterocycles. The average Bonchev–Trinajstić information content (AvgIpc) is 2.56. The zero-order valence-electron chi connectivity index (χ0n) is 10.5. The summed E-state index contributed by atoms with van der Waals surface area (Å²) in [5, 5.41) is 0.392. The molecule has 2 nitrogen and oxygen atoms in total. The van der Waals surface area contributed by atoms with Gasteiger partial charge in [-0.2, -0.15) is 0 Å². The first-order valence-corrected chi connectivity index (χ1v) is 6.70. The van der Waals surface area contributed by atoms with E-state index >= 15 is 0 Å². The largest absolute Gasteiger partial charge is 0.339 e. The Kier molecular flexibility index (Phi) is 4.23. The minimum atomic E-state index is -0.498. The number of amides is 1. The van der Waals surface area contributed by atoms with E-state index in [0.717, 1.165) is 19.3 Å². The maximum atomic E-state index is 13.6. The number of likely N-dealkylation sites (tertiary alicyclic amines) is 1. The van der Waals surface area contributed by atoms with Crippen molar-refractivity contribution in [2.75, 3.05) is 13.1 Å². The Hall–Kier alpha value is -1.09. The van der Waals surface area contributed by atoms with E-state index in [0.29, 0.717) is 24.0 Å². The third kappa shape index (κ3) is 3.02. The van der Waals surface area contributed by atoms with Gasteiger partial charge in [-0.15, -0.1) is 0 Å². The standard InChI is InChI=1S/C14H17ClFNO/c1-10-3-2-7-17(8-6-10)14(18)12-9-11(15)4-5-13(12)16/h4-5,9-10H,2-3,6-8H2,1H3. The van der Waals surface area contributed by atoms with Gasteiger partial charge in [0, 0.05) is 18.1 Å². The monoisotopic (exact) mass is 269 g/mol. The van der Waals surface area contributed by atoms with E-state index in [9.17, 15) is 9.18 Å². The van der Waals surface area contributed by atoms with Crippen LogP contribution < -0.4 is 0 Å². The number of hydrogen-bond donors (Lipinski definition) is 0. The Morgan fingerprint density at radius 1 is 1.39 bits per heavy atom. The van der Waals surface area contributed by atoms with Crippen molar-refractivity contribution in [3.05, 3.63) is 34.6 Å². The fourth-order valence-electron chi connectivity index (χ4n) is 2.30. The minimum absolute atomic E-state index is 0.0806. The Balaban J connectivity index is 2.17. The summed E-state index contributed by atoms with van der Waals surface area (Å²) in [6.07, 6.45) is 3.09. The third-order valence-electron chi connectivity index (χ3n) is 3.46. The van der Waals surface area contributed by atoms with E-state index in [1.165, 1.54) is 18.2 Å². The van der Waals surface area contributed by atoms with E-state index in [1.807, 2.05) is 0 Å². The van der Waals surface area contributed by atoms with Gasteiger partial charge in [-0.25, -0.2) is 4.39 Å². The zero-order valence-corrected chi connectivity index (χ0v) is 11.2. The lowest BCUT2D eigenvalue weighted by Gasteiger charge is -2.20. The normalized spacial score (nSPS) is 20.6. The van der Waals surface area contributed by atoms with Crippen molar-refractivity contribution < 1.29 is 9.18 Å². The summed E-state index contributed by atoms with van der Waals surface area (Å²) in [5.74, 6) is -0.113. The van der Waals surface area contributed by atoms with Crippen molar-refractivity contribution in [1.29, 1.82) is 0 Å². The minimum Gasteiger partial charge on any atom is -0.339 e. The molecule has 1 amide bonds. The second kappa shape index (κ2) is 5.70. The van der Waals surface area contributed by atoms with Crippen LogP contribution in [0.4, 0.5) is 4.39 Å². The first kappa shape index (κ1) is 13.3.